The van der Waals surface area contributed by atoms with E-state index < -0.39 is 0 Å². The van der Waals surface area contributed by atoms with Crippen molar-refractivity contribution in [2.75, 3.05) is 7.05 Å². The lowest BCUT2D eigenvalue weighted by molar-refractivity contribution is 0.509. The van der Waals surface area contributed by atoms with E-state index in [-0.39, 0.29) is 0 Å². The summed E-state index contributed by atoms with van der Waals surface area (Å²) in [5.41, 5.74) is 1.45. The molecule has 1 nitrogen and oxygen atoms in total. The fourth-order valence-electron chi connectivity index (χ4n) is 1.80. The van der Waals surface area contributed by atoms with Gasteiger partial charge in [0, 0.05) is 6.04 Å². The van der Waals surface area contributed by atoms with Crippen LogP contribution in [0.2, 0.25) is 0 Å². The van der Waals surface area contributed by atoms with Crippen LogP contribution in [0.25, 0.3) is 0 Å². The monoisotopic (exact) mass is 349 g/mol. The molecule has 1 N–H and O–H groups in total. The van der Waals surface area contributed by atoms with E-state index in [1.807, 2.05) is 17.4 Å². The Kier molecular flexibility index (Phi) is 7.32. The van der Waals surface area contributed by atoms with E-state index in [2.05, 4.69) is 53.0 Å². The molecule has 1 rings (SSSR count). The summed E-state index contributed by atoms with van der Waals surface area (Å²) in [6.45, 7) is 3.75. The minimum absolute atomic E-state index is 0.531. The number of unbranched alkanes of at least 4 members (excludes halogenated alkanes) is 3. The third kappa shape index (κ3) is 4.97. The van der Waals surface area contributed by atoms with E-state index in [0.29, 0.717) is 6.04 Å². The highest BCUT2D eigenvalue weighted by Crippen LogP contribution is 2.25. The van der Waals surface area contributed by atoms with Crippen LogP contribution >= 0.6 is 33.9 Å². The van der Waals surface area contributed by atoms with Crippen molar-refractivity contribution < 1.29 is 0 Å². The van der Waals surface area contributed by atoms with Crippen LogP contribution < -0.4 is 5.32 Å². The normalized spacial score (nSPS) is 12.6. The summed E-state index contributed by atoms with van der Waals surface area (Å²) in [5, 5.41) is 5.68. The van der Waals surface area contributed by atoms with Crippen molar-refractivity contribution in [2.45, 2.75) is 38.1 Å². The SMILES string of the molecule is C=CCCCCCC(NC)c1csc(I)c1. The zero-order valence-corrected chi connectivity index (χ0v) is 12.8. The van der Waals surface area contributed by atoms with Gasteiger partial charge in [0.05, 0.1) is 2.88 Å². The first kappa shape index (κ1) is 14.2. The Hall–Kier alpha value is 0.130. The summed E-state index contributed by atoms with van der Waals surface area (Å²) in [6, 6.07) is 2.82. The smallest absolute Gasteiger partial charge is 0.0656 e. The predicted octanol–water partition coefficient (Wildman–Crippen LogP) is 4.75. The van der Waals surface area contributed by atoms with Crippen LogP contribution in [-0.4, -0.2) is 7.05 Å². The molecule has 0 bridgehead atoms. The van der Waals surface area contributed by atoms with Crippen molar-refractivity contribution in [1.29, 1.82) is 0 Å². The zero-order chi connectivity index (χ0) is 11.8. The fraction of sp³-hybridized carbons (Fsp3) is 0.538. The summed E-state index contributed by atoms with van der Waals surface area (Å²) >= 11 is 4.21. The standard InChI is InChI=1S/C13H20INS/c1-3-4-5-6-7-8-12(15-2)11-9-13(14)16-10-11/h3,9-10,12,15H,1,4-8H2,2H3. The van der Waals surface area contributed by atoms with Crippen molar-refractivity contribution in [2.24, 2.45) is 0 Å². The van der Waals surface area contributed by atoms with Crippen LogP contribution in [0.4, 0.5) is 0 Å². The molecule has 1 aromatic rings. The molecule has 1 aromatic heterocycles. The first-order valence-electron chi connectivity index (χ1n) is 5.80. The number of allylic oxidation sites excluding steroid dienone is 1. The molecule has 3 heteroatoms. The van der Waals surface area contributed by atoms with Gasteiger partial charge in [-0.2, -0.15) is 0 Å². The van der Waals surface area contributed by atoms with E-state index in [1.165, 1.54) is 34.1 Å². The lowest BCUT2D eigenvalue weighted by atomic mass is 10.0. The van der Waals surface area contributed by atoms with Crippen LogP contribution in [0.1, 0.15) is 43.7 Å². The molecule has 0 fully saturated rings. The molecular formula is C13H20INS. The molecular weight excluding hydrogens is 329 g/mol. The predicted molar refractivity (Wildman–Crippen MR) is 82.1 cm³/mol. The van der Waals surface area contributed by atoms with E-state index >= 15 is 0 Å². The summed E-state index contributed by atoms with van der Waals surface area (Å²) in [7, 11) is 2.05. The number of nitrogens with one attached hydrogen (secondary N) is 1. The number of hydrogen-bond donors (Lipinski definition) is 1. The summed E-state index contributed by atoms with van der Waals surface area (Å²) in [6.07, 6.45) is 8.29. The molecule has 0 saturated heterocycles. The molecule has 0 spiro atoms. The minimum atomic E-state index is 0.531. The molecule has 90 valence electrons. The molecule has 0 aliphatic rings. The number of hydrogen-bond acceptors (Lipinski definition) is 2. The third-order valence-electron chi connectivity index (χ3n) is 2.74. The molecule has 0 radical (unpaired) electrons. The number of halogens is 1. The van der Waals surface area contributed by atoms with Crippen LogP contribution in [0.3, 0.4) is 0 Å². The van der Waals surface area contributed by atoms with Gasteiger partial charge in [-0.3, -0.25) is 0 Å². The molecule has 0 aliphatic carbocycles. The first-order valence-corrected chi connectivity index (χ1v) is 7.76. The van der Waals surface area contributed by atoms with Crippen LogP contribution in [0, 0.1) is 2.88 Å². The highest BCUT2D eigenvalue weighted by atomic mass is 127. The van der Waals surface area contributed by atoms with E-state index in [0.717, 1.165) is 6.42 Å². The fourth-order valence-corrected chi connectivity index (χ4v) is 3.22. The van der Waals surface area contributed by atoms with Gasteiger partial charge in [-0.15, -0.1) is 17.9 Å². The Morgan fingerprint density at radius 3 is 2.88 bits per heavy atom. The average Bonchev–Trinajstić information content (AvgIpc) is 2.70. The minimum Gasteiger partial charge on any atom is -0.313 e. The Morgan fingerprint density at radius 2 is 2.31 bits per heavy atom. The Morgan fingerprint density at radius 1 is 1.50 bits per heavy atom. The first-order chi connectivity index (χ1) is 7.77. The maximum absolute atomic E-state index is 3.75. The summed E-state index contributed by atoms with van der Waals surface area (Å²) < 4.78 is 1.37. The average molecular weight is 349 g/mol. The zero-order valence-electron chi connectivity index (χ0n) is 9.84. The van der Waals surface area contributed by atoms with Gasteiger partial charge in [0.2, 0.25) is 0 Å². The van der Waals surface area contributed by atoms with Crippen LogP contribution in [0.15, 0.2) is 24.1 Å². The Labute approximate surface area is 116 Å². The van der Waals surface area contributed by atoms with E-state index in [1.54, 1.807) is 0 Å². The molecule has 16 heavy (non-hydrogen) atoms. The van der Waals surface area contributed by atoms with Crippen molar-refractivity contribution >= 4 is 33.9 Å². The molecule has 1 atom stereocenters. The second-order valence-corrected chi connectivity index (χ2v) is 6.76. The van der Waals surface area contributed by atoms with E-state index in [4.69, 9.17) is 0 Å². The van der Waals surface area contributed by atoms with Gasteiger partial charge >= 0.3 is 0 Å². The molecule has 1 heterocycles. The Balaban J connectivity index is 2.29. The number of rotatable bonds is 8. The molecule has 0 aliphatic heterocycles. The maximum atomic E-state index is 3.75. The van der Waals surface area contributed by atoms with Crippen molar-refractivity contribution in [3.63, 3.8) is 0 Å². The van der Waals surface area contributed by atoms with Crippen molar-refractivity contribution in [3.8, 4) is 0 Å². The largest absolute Gasteiger partial charge is 0.313 e. The van der Waals surface area contributed by atoms with Gasteiger partial charge in [-0.1, -0.05) is 18.9 Å². The summed E-state index contributed by atoms with van der Waals surface area (Å²) in [4.78, 5) is 0. The second-order valence-electron chi connectivity index (χ2n) is 3.95. The lowest BCUT2D eigenvalue weighted by Crippen LogP contribution is -2.15. The second kappa shape index (κ2) is 8.25. The Bertz CT molecular complexity index is 309. The van der Waals surface area contributed by atoms with Crippen molar-refractivity contribution in [1.82, 2.24) is 5.32 Å². The molecule has 0 saturated carbocycles. The van der Waals surface area contributed by atoms with Crippen LogP contribution in [-0.2, 0) is 0 Å². The molecule has 0 amide bonds. The summed E-state index contributed by atoms with van der Waals surface area (Å²) in [5.74, 6) is 0. The highest BCUT2D eigenvalue weighted by molar-refractivity contribution is 14.1. The van der Waals surface area contributed by atoms with Gasteiger partial charge in [-0.25, -0.2) is 0 Å². The maximum Gasteiger partial charge on any atom is 0.0656 e. The van der Waals surface area contributed by atoms with Crippen molar-refractivity contribution in [3.05, 3.63) is 32.5 Å². The van der Waals surface area contributed by atoms with Gasteiger partial charge in [0.25, 0.3) is 0 Å². The van der Waals surface area contributed by atoms with Crippen LogP contribution in [0.5, 0.6) is 0 Å². The van der Waals surface area contributed by atoms with Gasteiger partial charge in [-0.05, 0) is 65.9 Å². The van der Waals surface area contributed by atoms with Gasteiger partial charge in [0.1, 0.15) is 0 Å². The third-order valence-corrected chi connectivity index (χ3v) is 4.55. The molecule has 1 unspecified atom stereocenters. The topological polar surface area (TPSA) is 12.0 Å². The quantitative estimate of drug-likeness (QED) is 0.406. The van der Waals surface area contributed by atoms with E-state index in [9.17, 15) is 0 Å². The van der Waals surface area contributed by atoms with Gasteiger partial charge in [0.15, 0.2) is 0 Å². The van der Waals surface area contributed by atoms with Gasteiger partial charge < -0.3 is 5.32 Å². The number of thiophene rings is 1. The lowest BCUT2D eigenvalue weighted by Gasteiger charge is -2.14. The highest BCUT2D eigenvalue weighted by Gasteiger charge is 2.10. The molecule has 0 aromatic carbocycles.